The maximum absolute atomic E-state index is 12.5. The number of benzene rings is 1. The predicted octanol–water partition coefficient (Wildman–Crippen LogP) is 2.71. The van der Waals surface area contributed by atoms with E-state index in [1.165, 1.54) is 4.90 Å². The summed E-state index contributed by atoms with van der Waals surface area (Å²) in [4.78, 5) is 38.4. The molecule has 1 saturated carbocycles. The lowest BCUT2D eigenvalue weighted by atomic mass is 9.81. The minimum Gasteiger partial charge on any atom is -0.352 e. The first-order valence-electron chi connectivity index (χ1n) is 9.94. The van der Waals surface area contributed by atoms with Gasteiger partial charge in [-0.05, 0) is 37.1 Å². The number of nitrogens with zero attached hydrogens (tertiary/aromatic N) is 3. The van der Waals surface area contributed by atoms with Gasteiger partial charge in [0.1, 0.15) is 0 Å². The highest BCUT2D eigenvalue weighted by Gasteiger charge is 2.47. The predicted molar refractivity (Wildman–Crippen MR) is 107 cm³/mol. The number of hydrogen-bond donors (Lipinski definition) is 1. The topological polar surface area (TPSA) is 84.3 Å². The van der Waals surface area contributed by atoms with Gasteiger partial charge in [0.05, 0.1) is 23.7 Å². The molecule has 152 valence electrons. The monoisotopic (exact) mass is 414 g/mol. The molecular weight excluding hydrogens is 392 g/mol. The van der Waals surface area contributed by atoms with Gasteiger partial charge in [0.2, 0.25) is 17.7 Å². The van der Waals surface area contributed by atoms with Crippen molar-refractivity contribution in [3.63, 3.8) is 0 Å². The Labute approximate surface area is 174 Å². The molecule has 3 amide bonds. The van der Waals surface area contributed by atoms with Crippen LogP contribution in [0.15, 0.2) is 36.7 Å². The molecule has 2 aliphatic rings. The number of fused-ring (bicyclic) bond motifs is 1. The molecule has 1 aromatic heterocycles. The van der Waals surface area contributed by atoms with Gasteiger partial charge in [-0.3, -0.25) is 19.3 Å². The average molecular weight is 415 g/mol. The van der Waals surface area contributed by atoms with E-state index < -0.39 is 0 Å². The maximum Gasteiger partial charge on any atom is 0.233 e. The second kappa shape index (κ2) is 8.37. The van der Waals surface area contributed by atoms with Crippen molar-refractivity contribution in [2.75, 3.05) is 6.54 Å². The molecule has 1 aliphatic heterocycles. The number of likely N-dealkylation sites (tertiary alicyclic amines) is 1. The summed E-state index contributed by atoms with van der Waals surface area (Å²) in [7, 11) is 0. The molecule has 0 radical (unpaired) electrons. The number of amides is 3. The van der Waals surface area contributed by atoms with Gasteiger partial charge in [-0.25, -0.2) is 4.68 Å². The van der Waals surface area contributed by atoms with E-state index in [9.17, 15) is 14.4 Å². The summed E-state index contributed by atoms with van der Waals surface area (Å²) < 4.78 is 1.71. The van der Waals surface area contributed by atoms with E-state index in [1.54, 1.807) is 23.0 Å². The van der Waals surface area contributed by atoms with Crippen LogP contribution in [0, 0.1) is 11.8 Å². The lowest BCUT2D eigenvalue weighted by molar-refractivity contribution is -0.140. The summed E-state index contributed by atoms with van der Waals surface area (Å²) >= 11 is 5.90. The van der Waals surface area contributed by atoms with Crippen LogP contribution in [0.2, 0.25) is 5.02 Å². The minimum atomic E-state index is -0.195. The average Bonchev–Trinajstić information content (AvgIpc) is 3.30. The minimum absolute atomic E-state index is 0.100. The number of carbonyl (C=O) groups is 3. The van der Waals surface area contributed by atoms with Crippen molar-refractivity contribution in [1.82, 2.24) is 20.0 Å². The van der Waals surface area contributed by atoms with E-state index in [4.69, 9.17) is 11.6 Å². The molecule has 2 fully saturated rings. The Balaban J connectivity index is 1.27. The van der Waals surface area contributed by atoms with Crippen molar-refractivity contribution in [1.29, 1.82) is 0 Å². The van der Waals surface area contributed by atoms with Gasteiger partial charge in [0, 0.05) is 36.3 Å². The fourth-order valence-corrected chi connectivity index (χ4v) is 4.27. The van der Waals surface area contributed by atoms with Gasteiger partial charge >= 0.3 is 0 Å². The smallest absolute Gasteiger partial charge is 0.233 e. The normalized spacial score (nSPS) is 21.3. The molecular formula is C21H23ClN4O3. The standard InChI is InChI=1S/C21H23ClN4O3/c22-15-5-7-16(8-6-15)26-13-14(12-24-26)11-23-19(27)9-10-25-20(28)17-3-1-2-4-18(17)21(25)29/h5-8,12-13,17-18H,1-4,9-11H2,(H,23,27). The molecule has 2 aromatic rings. The second-order valence-electron chi connectivity index (χ2n) is 7.62. The Morgan fingerprint density at radius 3 is 2.41 bits per heavy atom. The molecule has 8 heteroatoms. The molecule has 2 atom stereocenters. The first kappa shape index (κ1) is 19.6. The van der Waals surface area contributed by atoms with Crippen LogP contribution in [-0.2, 0) is 20.9 Å². The zero-order chi connectivity index (χ0) is 20.4. The summed E-state index contributed by atoms with van der Waals surface area (Å²) in [6, 6.07) is 7.30. The van der Waals surface area contributed by atoms with Gasteiger partial charge < -0.3 is 5.32 Å². The Morgan fingerprint density at radius 2 is 1.76 bits per heavy atom. The van der Waals surface area contributed by atoms with Crippen LogP contribution in [0.4, 0.5) is 0 Å². The fraction of sp³-hybridized carbons (Fsp3) is 0.429. The maximum atomic E-state index is 12.5. The number of imide groups is 1. The molecule has 1 aromatic carbocycles. The van der Waals surface area contributed by atoms with Crippen LogP contribution < -0.4 is 5.32 Å². The first-order valence-corrected chi connectivity index (χ1v) is 10.3. The van der Waals surface area contributed by atoms with E-state index >= 15 is 0 Å². The van der Waals surface area contributed by atoms with E-state index in [-0.39, 0.29) is 42.5 Å². The van der Waals surface area contributed by atoms with Crippen molar-refractivity contribution in [3.05, 3.63) is 47.2 Å². The van der Waals surface area contributed by atoms with Crippen molar-refractivity contribution >= 4 is 29.3 Å². The number of nitrogens with one attached hydrogen (secondary N) is 1. The number of hydrogen-bond acceptors (Lipinski definition) is 4. The summed E-state index contributed by atoms with van der Waals surface area (Å²) in [5, 5.41) is 7.77. The number of rotatable bonds is 6. The number of aromatic nitrogens is 2. The third-order valence-corrected chi connectivity index (χ3v) is 5.96. The van der Waals surface area contributed by atoms with E-state index in [0.29, 0.717) is 11.6 Å². The van der Waals surface area contributed by atoms with Crippen molar-refractivity contribution in [3.8, 4) is 5.69 Å². The molecule has 1 N–H and O–H groups in total. The Morgan fingerprint density at radius 1 is 1.10 bits per heavy atom. The van der Waals surface area contributed by atoms with E-state index in [2.05, 4.69) is 10.4 Å². The van der Waals surface area contributed by atoms with Crippen molar-refractivity contribution < 1.29 is 14.4 Å². The van der Waals surface area contributed by atoms with E-state index in [1.807, 2.05) is 18.3 Å². The summed E-state index contributed by atoms with van der Waals surface area (Å²) in [6.45, 7) is 0.486. The lowest BCUT2D eigenvalue weighted by Crippen LogP contribution is -2.35. The Hall–Kier alpha value is -2.67. The zero-order valence-electron chi connectivity index (χ0n) is 16.0. The molecule has 1 saturated heterocycles. The molecule has 2 heterocycles. The number of halogens is 1. The van der Waals surface area contributed by atoms with Crippen LogP contribution >= 0.6 is 11.6 Å². The van der Waals surface area contributed by atoms with Crippen LogP contribution in [0.3, 0.4) is 0 Å². The highest BCUT2D eigenvalue weighted by molar-refractivity contribution is 6.30. The van der Waals surface area contributed by atoms with Gasteiger partial charge in [-0.15, -0.1) is 0 Å². The highest BCUT2D eigenvalue weighted by Crippen LogP contribution is 2.37. The molecule has 0 bridgehead atoms. The molecule has 1 aliphatic carbocycles. The fourth-order valence-electron chi connectivity index (χ4n) is 4.14. The van der Waals surface area contributed by atoms with E-state index in [0.717, 1.165) is 36.9 Å². The highest BCUT2D eigenvalue weighted by atomic mass is 35.5. The third kappa shape index (κ3) is 4.19. The summed E-state index contributed by atoms with van der Waals surface area (Å²) in [6.07, 6.45) is 7.21. The van der Waals surface area contributed by atoms with Gasteiger partial charge in [-0.2, -0.15) is 5.10 Å². The first-order chi connectivity index (χ1) is 14.0. The molecule has 0 spiro atoms. The molecule has 29 heavy (non-hydrogen) atoms. The van der Waals surface area contributed by atoms with Crippen LogP contribution in [-0.4, -0.2) is 38.9 Å². The van der Waals surface area contributed by atoms with Gasteiger partial charge in [-0.1, -0.05) is 24.4 Å². The number of carbonyl (C=O) groups excluding carboxylic acids is 3. The zero-order valence-corrected chi connectivity index (χ0v) is 16.8. The summed E-state index contributed by atoms with van der Waals surface area (Å²) in [5.74, 6) is -0.732. The molecule has 2 unspecified atom stereocenters. The molecule has 7 nitrogen and oxygen atoms in total. The summed E-state index contributed by atoms with van der Waals surface area (Å²) in [5.41, 5.74) is 1.73. The van der Waals surface area contributed by atoms with Gasteiger partial charge in [0.25, 0.3) is 0 Å². The van der Waals surface area contributed by atoms with Crippen LogP contribution in [0.1, 0.15) is 37.7 Å². The SMILES string of the molecule is O=C(CCN1C(=O)C2CCCCC2C1=O)NCc1cnn(-c2ccc(Cl)cc2)c1. The second-order valence-corrected chi connectivity index (χ2v) is 8.06. The van der Waals surface area contributed by atoms with Crippen LogP contribution in [0.5, 0.6) is 0 Å². The largest absolute Gasteiger partial charge is 0.352 e. The van der Waals surface area contributed by atoms with Crippen molar-refractivity contribution in [2.24, 2.45) is 11.8 Å². The Kier molecular flexibility index (Phi) is 5.67. The quantitative estimate of drug-likeness (QED) is 0.736. The Bertz CT molecular complexity index is 900. The van der Waals surface area contributed by atoms with Crippen molar-refractivity contribution in [2.45, 2.75) is 38.6 Å². The third-order valence-electron chi connectivity index (χ3n) is 5.71. The van der Waals surface area contributed by atoms with Gasteiger partial charge in [0.15, 0.2) is 0 Å². The molecule has 4 rings (SSSR count). The lowest BCUT2D eigenvalue weighted by Gasteiger charge is -2.19. The van der Waals surface area contributed by atoms with Crippen LogP contribution in [0.25, 0.3) is 5.69 Å².